The van der Waals surface area contributed by atoms with Crippen LogP contribution in [0.25, 0.3) is 0 Å². The summed E-state index contributed by atoms with van der Waals surface area (Å²) in [6, 6.07) is 3.97. The summed E-state index contributed by atoms with van der Waals surface area (Å²) >= 11 is 1.51. The Balaban J connectivity index is 2.41. The van der Waals surface area contributed by atoms with Crippen LogP contribution in [-0.2, 0) is 0 Å². The first-order chi connectivity index (χ1) is 7.76. The molecule has 0 fully saturated rings. The van der Waals surface area contributed by atoms with Gasteiger partial charge in [0.15, 0.2) is 5.16 Å². The molecule has 0 aromatic carbocycles. The zero-order valence-electron chi connectivity index (χ0n) is 9.60. The first-order valence-electron chi connectivity index (χ1n) is 5.31. The third-order valence-corrected chi connectivity index (χ3v) is 2.90. The average molecular weight is 236 g/mol. The van der Waals surface area contributed by atoms with E-state index in [4.69, 9.17) is 5.26 Å². The fraction of sp³-hybridized carbons (Fsp3) is 0.545. The van der Waals surface area contributed by atoms with Gasteiger partial charge in [-0.25, -0.2) is 9.97 Å². The van der Waals surface area contributed by atoms with E-state index in [1.54, 1.807) is 6.20 Å². The molecule has 16 heavy (non-hydrogen) atoms. The second-order valence-corrected chi connectivity index (χ2v) is 4.41. The molecule has 1 unspecified atom stereocenters. The van der Waals surface area contributed by atoms with E-state index in [-0.39, 0.29) is 6.04 Å². The molecule has 1 aromatic heterocycles. The normalized spacial score (nSPS) is 12.1. The van der Waals surface area contributed by atoms with Crippen LogP contribution in [0.5, 0.6) is 0 Å². The van der Waals surface area contributed by atoms with Crippen LogP contribution in [0.1, 0.15) is 19.0 Å². The number of nitrogens with one attached hydrogen (secondary N) is 1. The van der Waals surface area contributed by atoms with Crippen LogP contribution in [0, 0.1) is 18.3 Å². The Hall–Kier alpha value is -1.12. The summed E-state index contributed by atoms with van der Waals surface area (Å²) in [7, 11) is 0. The number of rotatable bonds is 6. The van der Waals surface area contributed by atoms with E-state index in [2.05, 4.69) is 28.3 Å². The van der Waals surface area contributed by atoms with Crippen LogP contribution in [0.4, 0.5) is 0 Å². The maximum atomic E-state index is 8.92. The molecule has 0 amide bonds. The average Bonchev–Trinajstić information content (AvgIpc) is 2.29. The lowest BCUT2D eigenvalue weighted by atomic mass is 10.3. The highest BCUT2D eigenvalue weighted by molar-refractivity contribution is 7.99. The topological polar surface area (TPSA) is 61.6 Å². The van der Waals surface area contributed by atoms with Crippen molar-refractivity contribution in [1.29, 1.82) is 5.26 Å². The van der Waals surface area contributed by atoms with Crippen molar-refractivity contribution in [1.82, 2.24) is 15.3 Å². The van der Waals surface area contributed by atoms with E-state index in [1.807, 2.05) is 13.0 Å². The quantitative estimate of drug-likeness (QED) is 0.602. The summed E-state index contributed by atoms with van der Waals surface area (Å²) in [5.41, 5.74) is 0.951. The smallest absolute Gasteiger partial charge is 0.187 e. The largest absolute Gasteiger partial charge is 0.301 e. The fourth-order valence-corrected chi connectivity index (χ4v) is 1.97. The van der Waals surface area contributed by atoms with E-state index < -0.39 is 0 Å². The minimum atomic E-state index is -0.130. The molecule has 0 aliphatic carbocycles. The number of hydrogen-bond donors (Lipinski definition) is 1. The van der Waals surface area contributed by atoms with Crippen molar-refractivity contribution in [2.45, 2.75) is 31.5 Å². The maximum absolute atomic E-state index is 8.92. The minimum absolute atomic E-state index is 0.130. The van der Waals surface area contributed by atoms with E-state index in [0.717, 1.165) is 23.8 Å². The van der Waals surface area contributed by atoms with Crippen LogP contribution in [0.2, 0.25) is 0 Å². The van der Waals surface area contributed by atoms with Crippen molar-refractivity contribution in [2.75, 3.05) is 12.3 Å². The van der Waals surface area contributed by atoms with Crippen molar-refractivity contribution < 1.29 is 0 Å². The molecule has 0 saturated heterocycles. The number of nitrogens with zero attached hydrogens (tertiary/aromatic N) is 3. The van der Waals surface area contributed by atoms with E-state index >= 15 is 0 Å². The Bertz CT molecular complexity index is 361. The monoisotopic (exact) mass is 236 g/mol. The Labute approximate surface area is 100 Å². The molecule has 0 radical (unpaired) electrons. The molecule has 0 bridgehead atoms. The van der Waals surface area contributed by atoms with E-state index in [9.17, 15) is 0 Å². The van der Waals surface area contributed by atoms with Gasteiger partial charge >= 0.3 is 0 Å². The van der Waals surface area contributed by atoms with Crippen molar-refractivity contribution >= 4 is 11.8 Å². The lowest BCUT2D eigenvalue weighted by Crippen LogP contribution is -2.30. The Morgan fingerprint density at radius 1 is 1.62 bits per heavy atom. The molecule has 1 aromatic rings. The SMILES string of the molecule is CCCNC(C#N)CSc1nccc(C)n1. The van der Waals surface area contributed by atoms with E-state index in [0.29, 0.717) is 5.75 Å². The van der Waals surface area contributed by atoms with Crippen LogP contribution < -0.4 is 5.32 Å². The van der Waals surface area contributed by atoms with Crippen molar-refractivity contribution in [3.05, 3.63) is 18.0 Å². The van der Waals surface area contributed by atoms with Gasteiger partial charge in [0.25, 0.3) is 0 Å². The Morgan fingerprint density at radius 2 is 2.44 bits per heavy atom. The van der Waals surface area contributed by atoms with Crippen molar-refractivity contribution in [3.8, 4) is 6.07 Å². The summed E-state index contributed by atoms with van der Waals surface area (Å²) in [6.45, 7) is 4.88. The van der Waals surface area contributed by atoms with Gasteiger partial charge in [-0.2, -0.15) is 5.26 Å². The lowest BCUT2D eigenvalue weighted by molar-refractivity contribution is 0.637. The molecule has 0 aliphatic heterocycles. The van der Waals surface area contributed by atoms with Crippen LogP contribution in [-0.4, -0.2) is 28.3 Å². The minimum Gasteiger partial charge on any atom is -0.301 e. The van der Waals surface area contributed by atoms with Crippen molar-refractivity contribution in [3.63, 3.8) is 0 Å². The van der Waals surface area contributed by atoms with Gasteiger partial charge < -0.3 is 5.32 Å². The van der Waals surface area contributed by atoms with Gasteiger partial charge in [-0.3, -0.25) is 0 Å². The number of thioether (sulfide) groups is 1. The van der Waals surface area contributed by atoms with Crippen LogP contribution in [0.15, 0.2) is 17.4 Å². The number of aryl methyl sites for hydroxylation is 1. The first-order valence-corrected chi connectivity index (χ1v) is 6.30. The number of nitriles is 1. The standard InChI is InChI=1S/C11H16N4S/c1-3-5-13-10(7-12)8-16-11-14-6-4-9(2)15-11/h4,6,10,13H,3,5,8H2,1-2H3. The van der Waals surface area contributed by atoms with Crippen LogP contribution >= 0.6 is 11.8 Å². The Kier molecular flexibility index (Phi) is 5.83. The molecular formula is C11H16N4S. The molecule has 0 spiro atoms. The van der Waals surface area contributed by atoms with Gasteiger partial charge in [-0.05, 0) is 26.0 Å². The van der Waals surface area contributed by atoms with Gasteiger partial charge in [0.1, 0.15) is 6.04 Å². The molecule has 0 saturated carbocycles. The lowest BCUT2D eigenvalue weighted by Gasteiger charge is -2.09. The van der Waals surface area contributed by atoms with Crippen molar-refractivity contribution in [2.24, 2.45) is 0 Å². The second kappa shape index (κ2) is 7.20. The first kappa shape index (κ1) is 12.9. The molecular weight excluding hydrogens is 220 g/mol. The summed E-state index contributed by atoms with van der Waals surface area (Å²) in [4.78, 5) is 8.42. The van der Waals surface area contributed by atoms with Gasteiger partial charge in [-0.1, -0.05) is 18.7 Å². The zero-order valence-corrected chi connectivity index (χ0v) is 10.4. The fourth-order valence-electron chi connectivity index (χ4n) is 1.11. The molecule has 4 nitrogen and oxygen atoms in total. The summed E-state index contributed by atoms with van der Waals surface area (Å²) < 4.78 is 0. The summed E-state index contributed by atoms with van der Waals surface area (Å²) in [5.74, 6) is 0.681. The summed E-state index contributed by atoms with van der Waals surface area (Å²) in [5, 5.41) is 12.8. The molecule has 1 atom stereocenters. The van der Waals surface area contributed by atoms with E-state index in [1.165, 1.54) is 11.8 Å². The molecule has 1 heterocycles. The van der Waals surface area contributed by atoms with Crippen LogP contribution in [0.3, 0.4) is 0 Å². The highest BCUT2D eigenvalue weighted by Gasteiger charge is 2.07. The second-order valence-electron chi connectivity index (χ2n) is 3.43. The molecule has 1 N–H and O–H groups in total. The zero-order chi connectivity index (χ0) is 11.8. The number of aromatic nitrogens is 2. The number of hydrogen-bond acceptors (Lipinski definition) is 5. The molecule has 5 heteroatoms. The predicted molar refractivity (Wildman–Crippen MR) is 65.2 cm³/mol. The summed E-state index contributed by atoms with van der Waals surface area (Å²) in [6.07, 6.45) is 2.77. The highest BCUT2D eigenvalue weighted by atomic mass is 32.2. The third kappa shape index (κ3) is 4.60. The Morgan fingerprint density at radius 3 is 3.06 bits per heavy atom. The molecule has 1 rings (SSSR count). The predicted octanol–water partition coefficient (Wildman–Crippen LogP) is 1.77. The molecule has 0 aliphatic rings. The molecule has 86 valence electrons. The highest BCUT2D eigenvalue weighted by Crippen LogP contribution is 2.13. The van der Waals surface area contributed by atoms with Gasteiger partial charge in [0.2, 0.25) is 0 Å². The maximum Gasteiger partial charge on any atom is 0.187 e. The third-order valence-electron chi connectivity index (χ3n) is 1.95. The van der Waals surface area contributed by atoms with Gasteiger partial charge in [0, 0.05) is 17.6 Å². The van der Waals surface area contributed by atoms with Gasteiger partial charge in [0.05, 0.1) is 6.07 Å². The van der Waals surface area contributed by atoms with Gasteiger partial charge in [-0.15, -0.1) is 0 Å².